The van der Waals surface area contributed by atoms with Gasteiger partial charge in [0, 0.05) is 36.5 Å². The second kappa shape index (κ2) is 5.25. The minimum atomic E-state index is -0.0305. The van der Waals surface area contributed by atoms with Gasteiger partial charge in [-0.3, -0.25) is 14.3 Å². The number of hydrogen-bond acceptors (Lipinski definition) is 3. The smallest absolute Gasteiger partial charge is 0.272 e. The van der Waals surface area contributed by atoms with Gasteiger partial charge in [-0.1, -0.05) is 18.2 Å². The number of nitrogens with zero attached hydrogens (tertiary/aromatic N) is 4. The summed E-state index contributed by atoms with van der Waals surface area (Å²) >= 11 is 0. The first-order chi connectivity index (χ1) is 13.6. The SMILES string of the molecule is CN1C(=O)c2c3c(nn2CC12CC2)CCN(C(=O)c1cc2ccccc2[nH]1)C3. The van der Waals surface area contributed by atoms with Gasteiger partial charge >= 0.3 is 0 Å². The number of amides is 2. The summed E-state index contributed by atoms with van der Waals surface area (Å²) in [6.45, 7) is 1.83. The first-order valence-electron chi connectivity index (χ1n) is 9.79. The molecule has 1 aliphatic carbocycles. The van der Waals surface area contributed by atoms with Crippen LogP contribution in [0, 0.1) is 0 Å². The van der Waals surface area contributed by atoms with E-state index in [2.05, 4.69) is 4.98 Å². The molecule has 2 amide bonds. The number of hydrogen-bond donors (Lipinski definition) is 1. The zero-order valence-corrected chi connectivity index (χ0v) is 15.7. The molecule has 7 heteroatoms. The van der Waals surface area contributed by atoms with Crippen molar-refractivity contribution in [1.82, 2.24) is 24.6 Å². The third-order valence-electron chi connectivity index (χ3n) is 6.64. The Morgan fingerprint density at radius 2 is 2.07 bits per heavy atom. The maximum absolute atomic E-state index is 13.1. The lowest BCUT2D eigenvalue weighted by atomic mass is 10.0. The highest BCUT2D eigenvalue weighted by atomic mass is 16.2. The number of carbonyl (C=O) groups is 2. The van der Waals surface area contributed by atoms with Crippen LogP contribution in [0.5, 0.6) is 0 Å². The standard InChI is InChI=1S/C21H21N5O2/c1-24-20(28)18-14-11-25(9-6-16(14)23-26(18)12-21(24)7-8-21)19(27)17-10-13-4-2-3-5-15(13)22-17/h2-5,10,22H,6-9,11-12H2,1H3. The predicted molar refractivity (Wildman–Crippen MR) is 103 cm³/mol. The molecule has 6 rings (SSSR count). The molecule has 4 heterocycles. The topological polar surface area (TPSA) is 74.2 Å². The number of aromatic nitrogens is 3. The van der Waals surface area contributed by atoms with Crippen LogP contribution in [0.1, 0.15) is 45.1 Å². The van der Waals surface area contributed by atoms with Crippen LogP contribution in [0.3, 0.4) is 0 Å². The summed E-state index contributed by atoms with van der Waals surface area (Å²) in [4.78, 5) is 33.1. The van der Waals surface area contributed by atoms with Gasteiger partial charge in [-0.05, 0) is 25.0 Å². The Labute approximate surface area is 161 Å². The summed E-state index contributed by atoms with van der Waals surface area (Å²) in [5.41, 5.74) is 4.07. The number of likely N-dealkylation sites (N-methyl/N-ethyl adjacent to an activating group) is 1. The maximum Gasteiger partial charge on any atom is 0.272 e. The monoisotopic (exact) mass is 375 g/mol. The van der Waals surface area contributed by atoms with Crippen molar-refractivity contribution in [3.05, 3.63) is 53.0 Å². The summed E-state index contributed by atoms with van der Waals surface area (Å²) in [6, 6.07) is 9.78. The Kier molecular flexibility index (Phi) is 2.98. The minimum absolute atomic E-state index is 0.0292. The molecule has 3 aliphatic rings. The zero-order chi connectivity index (χ0) is 19.0. The molecule has 0 atom stereocenters. The number of benzene rings is 1. The Balaban J connectivity index is 1.34. The van der Waals surface area contributed by atoms with E-state index in [1.165, 1.54) is 0 Å². The minimum Gasteiger partial charge on any atom is -0.351 e. The quantitative estimate of drug-likeness (QED) is 0.708. The number of aromatic amines is 1. The van der Waals surface area contributed by atoms with E-state index in [0.717, 1.165) is 41.5 Å². The molecule has 0 bridgehead atoms. The molecule has 0 saturated heterocycles. The molecule has 3 aromatic rings. The van der Waals surface area contributed by atoms with E-state index >= 15 is 0 Å². The molecule has 28 heavy (non-hydrogen) atoms. The van der Waals surface area contributed by atoms with Crippen molar-refractivity contribution in [1.29, 1.82) is 0 Å². The molecule has 1 spiro atoms. The van der Waals surface area contributed by atoms with E-state index in [1.807, 2.05) is 51.9 Å². The molecule has 0 unspecified atom stereocenters. The lowest BCUT2D eigenvalue weighted by molar-refractivity contribution is 0.0604. The largest absolute Gasteiger partial charge is 0.351 e. The Morgan fingerprint density at radius 1 is 1.25 bits per heavy atom. The van der Waals surface area contributed by atoms with Crippen LogP contribution >= 0.6 is 0 Å². The third-order valence-corrected chi connectivity index (χ3v) is 6.64. The second-order valence-electron chi connectivity index (χ2n) is 8.27. The molecular formula is C21H21N5O2. The van der Waals surface area contributed by atoms with Crippen molar-refractivity contribution in [3.8, 4) is 0 Å². The maximum atomic E-state index is 13.1. The van der Waals surface area contributed by atoms with Crippen molar-refractivity contribution in [2.45, 2.75) is 37.9 Å². The van der Waals surface area contributed by atoms with Gasteiger partial charge < -0.3 is 14.8 Å². The van der Waals surface area contributed by atoms with Crippen LogP contribution in [-0.4, -0.2) is 55.5 Å². The molecule has 1 aromatic carbocycles. The molecule has 0 radical (unpaired) electrons. The lowest BCUT2D eigenvalue weighted by Gasteiger charge is -2.34. The molecule has 1 N–H and O–H groups in total. The van der Waals surface area contributed by atoms with Crippen molar-refractivity contribution in [2.24, 2.45) is 0 Å². The number of carbonyl (C=O) groups excluding carboxylic acids is 2. The van der Waals surface area contributed by atoms with Crippen LogP contribution in [-0.2, 0) is 19.5 Å². The number of rotatable bonds is 1. The summed E-state index contributed by atoms with van der Waals surface area (Å²) in [5.74, 6) is 0.00878. The van der Waals surface area contributed by atoms with Gasteiger partial charge in [0.2, 0.25) is 0 Å². The molecule has 2 aromatic heterocycles. The van der Waals surface area contributed by atoms with Crippen LogP contribution in [0.2, 0.25) is 0 Å². The fourth-order valence-electron chi connectivity index (χ4n) is 4.71. The molecule has 142 valence electrons. The van der Waals surface area contributed by atoms with Crippen LogP contribution in [0.15, 0.2) is 30.3 Å². The molecule has 2 aliphatic heterocycles. The fourth-order valence-corrected chi connectivity index (χ4v) is 4.71. The average Bonchev–Trinajstić information content (AvgIpc) is 3.19. The van der Waals surface area contributed by atoms with E-state index < -0.39 is 0 Å². The summed E-state index contributed by atoms with van der Waals surface area (Å²) in [5, 5.41) is 5.76. The Bertz CT molecular complexity index is 1120. The van der Waals surface area contributed by atoms with Crippen molar-refractivity contribution in [2.75, 3.05) is 13.6 Å². The number of nitrogens with one attached hydrogen (secondary N) is 1. The van der Waals surface area contributed by atoms with Gasteiger partial charge in [0.05, 0.1) is 24.3 Å². The normalized spacial score (nSPS) is 19.8. The summed E-state index contributed by atoms with van der Waals surface area (Å²) in [7, 11) is 1.90. The van der Waals surface area contributed by atoms with Crippen molar-refractivity contribution < 1.29 is 9.59 Å². The highest BCUT2D eigenvalue weighted by Gasteiger charge is 2.53. The van der Waals surface area contributed by atoms with Crippen LogP contribution < -0.4 is 0 Å². The fraction of sp³-hybridized carbons (Fsp3) is 0.381. The van der Waals surface area contributed by atoms with Gasteiger partial charge in [-0.15, -0.1) is 0 Å². The van der Waals surface area contributed by atoms with Gasteiger partial charge in [0.15, 0.2) is 0 Å². The summed E-state index contributed by atoms with van der Waals surface area (Å²) in [6.07, 6.45) is 2.78. The zero-order valence-electron chi connectivity index (χ0n) is 15.7. The molecular weight excluding hydrogens is 354 g/mol. The van der Waals surface area contributed by atoms with Gasteiger partial charge in [0.1, 0.15) is 11.4 Å². The predicted octanol–water partition coefficient (Wildman–Crippen LogP) is 2.18. The molecule has 7 nitrogen and oxygen atoms in total. The third kappa shape index (κ3) is 2.07. The van der Waals surface area contributed by atoms with E-state index in [0.29, 0.717) is 30.9 Å². The lowest BCUT2D eigenvalue weighted by Crippen LogP contribution is -2.48. The van der Waals surface area contributed by atoms with Crippen LogP contribution in [0.4, 0.5) is 0 Å². The van der Waals surface area contributed by atoms with E-state index in [1.54, 1.807) is 0 Å². The highest BCUT2D eigenvalue weighted by Crippen LogP contribution is 2.46. The molecule has 1 fully saturated rings. The average molecular weight is 375 g/mol. The van der Waals surface area contributed by atoms with Gasteiger partial charge in [-0.25, -0.2) is 0 Å². The van der Waals surface area contributed by atoms with Gasteiger partial charge in [0.25, 0.3) is 11.8 Å². The van der Waals surface area contributed by atoms with Crippen molar-refractivity contribution in [3.63, 3.8) is 0 Å². The number of para-hydroxylation sites is 1. The highest BCUT2D eigenvalue weighted by molar-refractivity contribution is 5.99. The molecule has 1 saturated carbocycles. The van der Waals surface area contributed by atoms with E-state index in [-0.39, 0.29) is 17.4 Å². The van der Waals surface area contributed by atoms with Gasteiger partial charge in [-0.2, -0.15) is 5.10 Å². The number of fused-ring (bicyclic) bond motifs is 4. The Morgan fingerprint density at radius 3 is 2.86 bits per heavy atom. The van der Waals surface area contributed by atoms with Crippen molar-refractivity contribution >= 4 is 22.7 Å². The van der Waals surface area contributed by atoms with Crippen LogP contribution in [0.25, 0.3) is 10.9 Å². The van der Waals surface area contributed by atoms with E-state index in [9.17, 15) is 9.59 Å². The first-order valence-corrected chi connectivity index (χ1v) is 9.79. The Hall–Kier alpha value is -3.09. The second-order valence-corrected chi connectivity index (χ2v) is 8.27. The van der Waals surface area contributed by atoms with E-state index in [4.69, 9.17) is 5.10 Å². The first kappa shape index (κ1) is 15.9. The summed E-state index contributed by atoms with van der Waals surface area (Å²) < 4.78 is 1.90. The number of H-pyrrole nitrogens is 1.